The number of para-hydroxylation sites is 1. The zero-order valence-electron chi connectivity index (χ0n) is 14.2. The number of aliphatic hydroxyl groups excluding tert-OH is 1. The molecule has 0 aliphatic carbocycles. The maximum atomic E-state index is 12.6. The van der Waals surface area contributed by atoms with E-state index in [1.807, 2.05) is 37.3 Å². The van der Waals surface area contributed by atoms with E-state index in [0.29, 0.717) is 30.4 Å². The molecule has 1 atom stereocenters. The predicted octanol–water partition coefficient (Wildman–Crippen LogP) is 3.32. The molecule has 0 bridgehead atoms. The summed E-state index contributed by atoms with van der Waals surface area (Å²) in [5, 5.41) is 13.2. The van der Waals surface area contributed by atoms with Crippen LogP contribution in [0.4, 0.5) is 0 Å². The zero-order valence-corrected chi connectivity index (χ0v) is 14.2. The average molecular weight is 314 g/mol. The zero-order chi connectivity index (χ0) is 16.8. The number of hydrogen-bond donors (Lipinski definition) is 2. The predicted molar refractivity (Wildman–Crippen MR) is 93.5 cm³/mol. The van der Waals surface area contributed by atoms with Crippen molar-refractivity contribution >= 4 is 16.8 Å². The van der Waals surface area contributed by atoms with Gasteiger partial charge in [-0.15, -0.1) is 0 Å². The van der Waals surface area contributed by atoms with E-state index in [9.17, 15) is 9.90 Å². The van der Waals surface area contributed by atoms with Gasteiger partial charge in [-0.3, -0.25) is 9.78 Å². The van der Waals surface area contributed by atoms with Gasteiger partial charge in [0.05, 0.1) is 11.1 Å². The molecule has 1 heterocycles. The van der Waals surface area contributed by atoms with Gasteiger partial charge in [-0.25, -0.2) is 0 Å². The van der Waals surface area contributed by atoms with Crippen molar-refractivity contribution in [2.75, 3.05) is 13.2 Å². The summed E-state index contributed by atoms with van der Waals surface area (Å²) >= 11 is 0. The molecule has 124 valence electrons. The van der Waals surface area contributed by atoms with E-state index in [0.717, 1.165) is 23.0 Å². The molecular weight excluding hydrogens is 288 g/mol. The molecule has 23 heavy (non-hydrogen) atoms. The highest BCUT2D eigenvalue weighted by Crippen LogP contribution is 2.18. The molecule has 0 fully saturated rings. The number of nitrogens with one attached hydrogen (secondary N) is 1. The number of aliphatic hydroxyl groups is 1. The Morgan fingerprint density at radius 1 is 1.26 bits per heavy atom. The van der Waals surface area contributed by atoms with Gasteiger partial charge >= 0.3 is 0 Å². The van der Waals surface area contributed by atoms with Gasteiger partial charge in [0.1, 0.15) is 0 Å². The molecule has 1 aromatic heterocycles. The van der Waals surface area contributed by atoms with Gasteiger partial charge in [-0.05, 0) is 43.7 Å². The summed E-state index contributed by atoms with van der Waals surface area (Å²) in [5.41, 5.74) is 2.25. The molecule has 2 aromatic rings. The summed E-state index contributed by atoms with van der Waals surface area (Å²) in [6.07, 6.45) is 1.71. The minimum absolute atomic E-state index is 0.0969. The minimum atomic E-state index is -0.0969. The lowest BCUT2D eigenvalue weighted by Crippen LogP contribution is -2.30. The van der Waals surface area contributed by atoms with Crippen molar-refractivity contribution in [2.45, 2.75) is 33.6 Å². The normalized spacial score (nSPS) is 12.6. The van der Waals surface area contributed by atoms with Crippen LogP contribution in [0.3, 0.4) is 0 Å². The smallest absolute Gasteiger partial charge is 0.253 e. The molecule has 0 spiro atoms. The summed E-state index contributed by atoms with van der Waals surface area (Å²) in [4.78, 5) is 17.1. The first-order valence-electron chi connectivity index (χ1n) is 8.26. The van der Waals surface area contributed by atoms with Crippen LogP contribution in [0.5, 0.6) is 0 Å². The van der Waals surface area contributed by atoms with E-state index in [4.69, 9.17) is 0 Å². The molecule has 0 saturated heterocycles. The molecule has 2 N–H and O–H groups in total. The molecule has 1 amide bonds. The molecule has 4 nitrogen and oxygen atoms in total. The lowest BCUT2D eigenvalue weighted by Gasteiger charge is -2.18. The van der Waals surface area contributed by atoms with Crippen molar-refractivity contribution in [1.29, 1.82) is 0 Å². The van der Waals surface area contributed by atoms with E-state index in [1.54, 1.807) is 0 Å². The lowest BCUT2D eigenvalue weighted by molar-refractivity contribution is 0.0943. The molecule has 0 aliphatic heterocycles. The fourth-order valence-electron chi connectivity index (χ4n) is 2.91. The first-order valence-corrected chi connectivity index (χ1v) is 8.26. The minimum Gasteiger partial charge on any atom is -0.396 e. The number of fused-ring (bicyclic) bond motifs is 1. The highest BCUT2D eigenvalue weighted by Gasteiger charge is 2.15. The summed E-state index contributed by atoms with van der Waals surface area (Å²) in [6.45, 7) is 6.98. The Bertz CT molecular complexity index is 667. The Hall–Kier alpha value is -1.94. The van der Waals surface area contributed by atoms with Crippen molar-refractivity contribution in [3.63, 3.8) is 0 Å². The summed E-state index contributed by atoms with van der Waals surface area (Å²) < 4.78 is 0. The third kappa shape index (κ3) is 4.76. The lowest BCUT2D eigenvalue weighted by atomic mass is 9.94. The van der Waals surface area contributed by atoms with Crippen LogP contribution in [-0.4, -0.2) is 29.1 Å². The Kier molecular flexibility index (Phi) is 6.11. The highest BCUT2D eigenvalue weighted by atomic mass is 16.3. The second-order valence-corrected chi connectivity index (χ2v) is 6.55. The third-order valence-corrected chi connectivity index (χ3v) is 4.00. The van der Waals surface area contributed by atoms with Crippen molar-refractivity contribution < 1.29 is 9.90 Å². The van der Waals surface area contributed by atoms with Crippen molar-refractivity contribution in [3.8, 4) is 0 Å². The number of aryl methyl sites for hydroxylation is 1. The highest BCUT2D eigenvalue weighted by molar-refractivity contribution is 6.05. The Balaban J connectivity index is 2.12. The maximum Gasteiger partial charge on any atom is 0.253 e. The monoisotopic (exact) mass is 314 g/mol. The molecular formula is C19H26N2O2. The number of carbonyl (C=O) groups is 1. The molecule has 2 rings (SSSR count). The number of carbonyl (C=O) groups excluding carboxylic acids is 1. The van der Waals surface area contributed by atoms with E-state index in [2.05, 4.69) is 24.1 Å². The first-order chi connectivity index (χ1) is 11.0. The number of rotatable bonds is 7. The molecule has 0 saturated carbocycles. The van der Waals surface area contributed by atoms with Gasteiger partial charge < -0.3 is 10.4 Å². The van der Waals surface area contributed by atoms with Crippen LogP contribution in [-0.2, 0) is 0 Å². The number of aromatic nitrogens is 1. The van der Waals surface area contributed by atoms with E-state index in [1.165, 1.54) is 0 Å². The fraction of sp³-hybridized carbons (Fsp3) is 0.474. The van der Waals surface area contributed by atoms with Crippen LogP contribution in [0.15, 0.2) is 30.3 Å². The number of hydrogen-bond acceptors (Lipinski definition) is 3. The topological polar surface area (TPSA) is 62.2 Å². The molecule has 4 heteroatoms. The van der Waals surface area contributed by atoms with Crippen LogP contribution in [0, 0.1) is 18.8 Å². The van der Waals surface area contributed by atoms with Gasteiger partial charge in [0.2, 0.25) is 0 Å². The molecule has 0 radical (unpaired) electrons. The van der Waals surface area contributed by atoms with E-state index in [-0.39, 0.29) is 12.5 Å². The fourth-order valence-corrected chi connectivity index (χ4v) is 2.91. The van der Waals surface area contributed by atoms with Crippen LogP contribution in [0.1, 0.15) is 42.7 Å². The number of nitrogens with zero attached hydrogens (tertiary/aromatic N) is 1. The standard InChI is InChI=1S/C19H26N2O2/c1-13(2)11-15(9-10-22)12-20-19(23)17-6-4-5-16-8-7-14(3)21-18(16)17/h4-8,13,15,22H,9-12H2,1-3H3,(H,20,23). The molecule has 0 aliphatic rings. The Morgan fingerprint density at radius 2 is 2.04 bits per heavy atom. The summed E-state index contributed by atoms with van der Waals surface area (Å²) in [5.74, 6) is 0.749. The largest absolute Gasteiger partial charge is 0.396 e. The van der Waals surface area contributed by atoms with E-state index < -0.39 is 0 Å². The second kappa shape index (κ2) is 8.06. The first kappa shape index (κ1) is 17.4. The van der Waals surface area contributed by atoms with Gasteiger partial charge in [0.25, 0.3) is 5.91 Å². The van der Waals surface area contributed by atoms with Gasteiger partial charge in [-0.1, -0.05) is 32.0 Å². The number of amides is 1. The Labute approximate surface area is 137 Å². The van der Waals surface area contributed by atoms with Crippen LogP contribution in [0.2, 0.25) is 0 Å². The van der Waals surface area contributed by atoms with Crippen LogP contribution in [0.25, 0.3) is 10.9 Å². The van der Waals surface area contributed by atoms with Gasteiger partial charge in [-0.2, -0.15) is 0 Å². The van der Waals surface area contributed by atoms with Gasteiger partial charge in [0.15, 0.2) is 0 Å². The molecule has 1 aromatic carbocycles. The second-order valence-electron chi connectivity index (χ2n) is 6.55. The summed E-state index contributed by atoms with van der Waals surface area (Å²) in [7, 11) is 0. The Morgan fingerprint density at radius 3 is 2.74 bits per heavy atom. The molecule has 1 unspecified atom stereocenters. The van der Waals surface area contributed by atoms with Crippen LogP contribution >= 0.6 is 0 Å². The maximum absolute atomic E-state index is 12.6. The SMILES string of the molecule is Cc1ccc2cccc(C(=O)NCC(CCO)CC(C)C)c2n1. The summed E-state index contributed by atoms with van der Waals surface area (Å²) in [6, 6.07) is 9.60. The van der Waals surface area contributed by atoms with Crippen LogP contribution < -0.4 is 5.32 Å². The average Bonchev–Trinajstić information content (AvgIpc) is 2.51. The van der Waals surface area contributed by atoms with E-state index >= 15 is 0 Å². The third-order valence-electron chi connectivity index (χ3n) is 4.00. The quantitative estimate of drug-likeness (QED) is 0.824. The number of benzene rings is 1. The van der Waals surface area contributed by atoms with Crippen molar-refractivity contribution in [3.05, 3.63) is 41.6 Å². The van der Waals surface area contributed by atoms with Crippen molar-refractivity contribution in [1.82, 2.24) is 10.3 Å². The van der Waals surface area contributed by atoms with Gasteiger partial charge in [0, 0.05) is 24.2 Å². The van der Waals surface area contributed by atoms with Crippen molar-refractivity contribution in [2.24, 2.45) is 11.8 Å². The number of pyridine rings is 1.